The molecule has 0 saturated heterocycles. The smallest absolute Gasteiger partial charge is 0.230 e. The number of amides is 1. The van der Waals surface area contributed by atoms with Gasteiger partial charge in [0, 0.05) is 16.6 Å². The molecule has 0 bridgehead atoms. The highest BCUT2D eigenvalue weighted by molar-refractivity contribution is 7.84. The number of benzene rings is 3. The Balaban J connectivity index is 1.98. The van der Waals surface area contributed by atoms with Gasteiger partial charge in [0.05, 0.1) is 0 Å². The second kappa shape index (κ2) is 6.75. The summed E-state index contributed by atoms with van der Waals surface area (Å²) in [7, 11) is -1.29. The molecule has 3 aromatic rings. The molecule has 0 spiro atoms. The fourth-order valence-electron chi connectivity index (χ4n) is 2.67. The van der Waals surface area contributed by atoms with Gasteiger partial charge in [0.2, 0.25) is 5.91 Å². The summed E-state index contributed by atoms with van der Waals surface area (Å²) < 4.78 is 12.0. The number of fused-ring (bicyclic) bond motifs is 1. The topological polar surface area (TPSA) is 60.2 Å². The fraction of sp³-hybridized carbons (Fsp3) is 0.105. The van der Waals surface area contributed by atoms with Crippen molar-refractivity contribution in [1.29, 1.82) is 0 Å². The highest BCUT2D eigenvalue weighted by atomic mass is 32.2. The molecular weight excluding hydrogens is 306 g/mol. The quantitative estimate of drug-likeness (QED) is 0.783. The van der Waals surface area contributed by atoms with Crippen molar-refractivity contribution in [3.63, 3.8) is 0 Å². The summed E-state index contributed by atoms with van der Waals surface area (Å²) in [5.41, 5.74) is 8.20. The molecule has 116 valence electrons. The minimum absolute atomic E-state index is 0.105. The van der Waals surface area contributed by atoms with Crippen molar-refractivity contribution < 1.29 is 9.00 Å². The largest absolute Gasteiger partial charge is 0.369 e. The minimum Gasteiger partial charge on any atom is -0.369 e. The Bertz CT molecular complexity index is 889. The van der Waals surface area contributed by atoms with Crippen molar-refractivity contribution in [2.24, 2.45) is 5.73 Å². The predicted octanol–water partition coefficient (Wildman–Crippen LogP) is 3.24. The van der Waals surface area contributed by atoms with Crippen molar-refractivity contribution in [2.45, 2.75) is 5.75 Å². The monoisotopic (exact) mass is 323 g/mol. The van der Waals surface area contributed by atoms with Crippen molar-refractivity contribution in [2.75, 3.05) is 5.75 Å². The summed E-state index contributed by atoms with van der Waals surface area (Å²) in [4.78, 5) is 10.9. The van der Waals surface area contributed by atoms with Gasteiger partial charge in [-0.15, -0.1) is 0 Å². The van der Waals surface area contributed by atoms with Gasteiger partial charge < -0.3 is 5.73 Å². The van der Waals surface area contributed by atoms with Crippen molar-refractivity contribution in [3.8, 4) is 11.1 Å². The van der Waals surface area contributed by atoms with Crippen LogP contribution < -0.4 is 5.73 Å². The van der Waals surface area contributed by atoms with Crippen molar-refractivity contribution >= 4 is 27.5 Å². The lowest BCUT2D eigenvalue weighted by Crippen LogP contribution is -2.20. The first-order valence-electron chi connectivity index (χ1n) is 7.34. The maximum atomic E-state index is 12.0. The zero-order valence-corrected chi connectivity index (χ0v) is 13.4. The molecule has 0 aliphatic heterocycles. The minimum atomic E-state index is -1.29. The molecule has 1 atom stereocenters. The van der Waals surface area contributed by atoms with E-state index in [4.69, 9.17) is 5.73 Å². The van der Waals surface area contributed by atoms with Crippen LogP contribution in [0.2, 0.25) is 0 Å². The average molecular weight is 323 g/mol. The number of hydrogen-bond donors (Lipinski definition) is 1. The number of carbonyl (C=O) groups is 1. The SMILES string of the molecule is NC(=O)CS(=O)Cc1ccccc1-c1ccc2ccccc2c1. The molecule has 0 aliphatic carbocycles. The van der Waals surface area contributed by atoms with Gasteiger partial charge in [-0.25, -0.2) is 0 Å². The van der Waals surface area contributed by atoms with Crippen LogP contribution in [0.5, 0.6) is 0 Å². The first kappa shape index (κ1) is 15.4. The molecule has 0 saturated carbocycles. The van der Waals surface area contributed by atoms with Crippen molar-refractivity contribution in [1.82, 2.24) is 0 Å². The molecule has 1 amide bonds. The summed E-state index contributed by atoms with van der Waals surface area (Å²) in [5.74, 6) is -0.315. The molecule has 3 rings (SSSR count). The number of primary amides is 1. The summed E-state index contributed by atoms with van der Waals surface area (Å²) in [5, 5.41) is 2.35. The van der Waals surface area contributed by atoms with Crippen LogP contribution in [0.15, 0.2) is 66.7 Å². The Morgan fingerprint density at radius 3 is 2.39 bits per heavy atom. The van der Waals surface area contributed by atoms with Gasteiger partial charge in [0.15, 0.2) is 0 Å². The van der Waals surface area contributed by atoms with Crippen LogP contribution in [0.4, 0.5) is 0 Å². The van der Waals surface area contributed by atoms with E-state index in [1.807, 2.05) is 36.4 Å². The van der Waals surface area contributed by atoms with Crippen molar-refractivity contribution in [3.05, 3.63) is 72.3 Å². The Kier molecular flexibility index (Phi) is 4.53. The molecule has 0 heterocycles. The van der Waals surface area contributed by atoms with Gasteiger partial charge in [0.1, 0.15) is 5.75 Å². The number of rotatable bonds is 5. The highest BCUT2D eigenvalue weighted by Crippen LogP contribution is 2.28. The zero-order valence-electron chi connectivity index (χ0n) is 12.6. The van der Waals surface area contributed by atoms with Crippen LogP contribution in [-0.2, 0) is 21.3 Å². The Hall–Kier alpha value is -2.46. The van der Waals surface area contributed by atoms with E-state index in [0.717, 1.165) is 22.1 Å². The first-order valence-corrected chi connectivity index (χ1v) is 8.82. The van der Waals surface area contributed by atoms with Gasteiger partial charge in [-0.1, -0.05) is 60.7 Å². The van der Waals surface area contributed by atoms with E-state index in [2.05, 4.69) is 30.3 Å². The molecule has 0 radical (unpaired) electrons. The van der Waals surface area contributed by atoms with E-state index in [0.29, 0.717) is 5.75 Å². The second-order valence-electron chi connectivity index (χ2n) is 5.41. The van der Waals surface area contributed by atoms with Crippen LogP contribution in [0.3, 0.4) is 0 Å². The maximum Gasteiger partial charge on any atom is 0.230 e. The van der Waals surface area contributed by atoms with E-state index in [-0.39, 0.29) is 5.75 Å². The molecule has 0 aliphatic rings. The summed E-state index contributed by atoms with van der Waals surface area (Å²) in [6, 6.07) is 22.3. The summed E-state index contributed by atoms with van der Waals surface area (Å²) in [6.45, 7) is 0. The molecular formula is C19H17NO2S. The first-order chi connectivity index (χ1) is 11.1. The van der Waals surface area contributed by atoms with Crippen LogP contribution >= 0.6 is 0 Å². The molecule has 1 unspecified atom stereocenters. The van der Waals surface area contributed by atoms with Crippen LogP contribution in [-0.4, -0.2) is 15.9 Å². The van der Waals surface area contributed by atoms with Crippen LogP contribution in [0, 0.1) is 0 Å². The summed E-state index contributed by atoms with van der Waals surface area (Å²) >= 11 is 0. The lowest BCUT2D eigenvalue weighted by Gasteiger charge is -2.10. The zero-order chi connectivity index (χ0) is 16.2. The predicted molar refractivity (Wildman–Crippen MR) is 95.3 cm³/mol. The molecule has 0 fully saturated rings. The highest BCUT2D eigenvalue weighted by Gasteiger charge is 2.10. The van der Waals surface area contributed by atoms with Crippen LogP contribution in [0.1, 0.15) is 5.56 Å². The van der Waals surface area contributed by atoms with E-state index in [1.54, 1.807) is 0 Å². The van der Waals surface area contributed by atoms with Gasteiger partial charge in [-0.3, -0.25) is 9.00 Å². The standard InChI is InChI=1S/C19H17NO2S/c20-19(21)13-23(22)12-17-7-3-4-8-18(17)16-10-9-14-5-1-2-6-15(14)11-16/h1-11H,12-13H2,(H2,20,21). The van der Waals surface area contributed by atoms with Gasteiger partial charge in [0.25, 0.3) is 0 Å². The lowest BCUT2D eigenvalue weighted by molar-refractivity contribution is -0.115. The normalized spacial score (nSPS) is 12.2. The lowest BCUT2D eigenvalue weighted by atomic mass is 9.98. The van der Waals surface area contributed by atoms with Gasteiger partial charge in [-0.2, -0.15) is 0 Å². The van der Waals surface area contributed by atoms with Crippen LogP contribution in [0.25, 0.3) is 21.9 Å². The molecule has 3 nitrogen and oxygen atoms in total. The molecule has 4 heteroatoms. The third kappa shape index (κ3) is 3.66. The van der Waals surface area contributed by atoms with E-state index >= 15 is 0 Å². The van der Waals surface area contributed by atoms with Gasteiger partial charge >= 0.3 is 0 Å². The Morgan fingerprint density at radius 2 is 1.61 bits per heavy atom. The van der Waals surface area contributed by atoms with E-state index in [9.17, 15) is 9.00 Å². The number of carbonyl (C=O) groups excluding carboxylic acids is 1. The molecule has 2 N–H and O–H groups in total. The Labute approximate surface area is 137 Å². The molecule has 23 heavy (non-hydrogen) atoms. The third-order valence-corrected chi connectivity index (χ3v) is 4.94. The van der Waals surface area contributed by atoms with E-state index in [1.165, 1.54) is 5.39 Å². The Morgan fingerprint density at radius 1 is 0.913 bits per heavy atom. The fourth-order valence-corrected chi connectivity index (χ4v) is 3.69. The number of hydrogen-bond acceptors (Lipinski definition) is 2. The second-order valence-corrected chi connectivity index (χ2v) is 6.87. The molecule has 3 aromatic carbocycles. The third-order valence-electron chi connectivity index (χ3n) is 3.70. The number of nitrogens with two attached hydrogens (primary N) is 1. The molecule has 0 aromatic heterocycles. The summed E-state index contributed by atoms with van der Waals surface area (Å²) in [6.07, 6.45) is 0. The van der Waals surface area contributed by atoms with E-state index < -0.39 is 16.7 Å². The van der Waals surface area contributed by atoms with Gasteiger partial charge in [-0.05, 0) is 33.5 Å². The average Bonchev–Trinajstić information content (AvgIpc) is 2.54. The maximum absolute atomic E-state index is 12.0.